The number of aliphatic hydroxyl groups excluding tert-OH is 1. The molecule has 1 heterocycles. The largest absolute Gasteiger partial charge is 0.470 e. The Labute approximate surface area is 179 Å². The molecule has 2 aromatic rings. The van der Waals surface area contributed by atoms with E-state index in [-0.39, 0.29) is 28.4 Å². The molecule has 3 rings (SSSR count). The average molecular weight is 434 g/mol. The molecule has 9 heteroatoms. The summed E-state index contributed by atoms with van der Waals surface area (Å²) < 4.78 is 6.23. The zero-order valence-corrected chi connectivity index (χ0v) is 17.3. The SMILES string of the molecule is CC(O)c1c(OC(CCCC(N)=O)N2CCc3ccccc32)ccc(Cl)c1[N+](=O)[O-]. The van der Waals surface area contributed by atoms with E-state index >= 15 is 0 Å². The number of rotatable bonds is 9. The Morgan fingerprint density at radius 3 is 2.77 bits per heavy atom. The number of nitro benzene ring substituents is 1. The number of halogens is 1. The molecule has 0 aliphatic carbocycles. The van der Waals surface area contributed by atoms with Gasteiger partial charge in [0.1, 0.15) is 16.3 Å². The fraction of sp³-hybridized carbons (Fsp3) is 0.381. The lowest BCUT2D eigenvalue weighted by molar-refractivity contribution is -0.386. The van der Waals surface area contributed by atoms with Gasteiger partial charge in [0.15, 0.2) is 6.23 Å². The monoisotopic (exact) mass is 433 g/mol. The van der Waals surface area contributed by atoms with Gasteiger partial charge in [0.25, 0.3) is 5.69 Å². The third kappa shape index (κ3) is 4.66. The topological polar surface area (TPSA) is 119 Å². The molecule has 0 spiro atoms. The van der Waals surface area contributed by atoms with Crippen molar-refractivity contribution in [2.24, 2.45) is 5.73 Å². The Morgan fingerprint density at radius 1 is 1.37 bits per heavy atom. The summed E-state index contributed by atoms with van der Waals surface area (Å²) >= 11 is 6.02. The van der Waals surface area contributed by atoms with Crippen molar-refractivity contribution in [1.29, 1.82) is 0 Å². The summed E-state index contributed by atoms with van der Waals surface area (Å²) in [4.78, 5) is 24.2. The van der Waals surface area contributed by atoms with Crippen molar-refractivity contribution in [2.45, 2.75) is 44.9 Å². The first-order valence-corrected chi connectivity index (χ1v) is 10.1. The highest BCUT2D eigenvalue weighted by Gasteiger charge is 2.31. The summed E-state index contributed by atoms with van der Waals surface area (Å²) in [7, 11) is 0. The van der Waals surface area contributed by atoms with E-state index in [1.165, 1.54) is 24.6 Å². The highest BCUT2D eigenvalue weighted by molar-refractivity contribution is 6.32. The van der Waals surface area contributed by atoms with Crippen LogP contribution in [-0.2, 0) is 11.2 Å². The van der Waals surface area contributed by atoms with Gasteiger partial charge in [-0.2, -0.15) is 0 Å². The number of nitrogens with zero attached hydrogens (tertiary/aromatic N) is 2. The second kappa shape index (κ2) is 9.32. The molecule has 1 amide bonds. The van der Waals surface area contributed by atoms with Gasteiger partial charge >= 0.3 is 0 Å². The highest BCUT2D eigenvalue weighted by Crippen LogP contribution is 2.41. The molecule has 0 bridgehead atoms. The maximum absolute atomic E-state index is 11.5. The van der Waals surface area contributed by atoms with Gasteiger partial charge in [-0.05, 0) is 43.5 Å². The number of carbonyl (C=O) groups excluding carboxylic acids is 1. The molecule has 8 nitrogen and oxygen atoms in total. The van der Waals surface area contributed by atoms with Crippen LogP contribution in [0.1, 0.15) is 43.4 Å². The van der Waals surface area contributed by atoms with E-state index in [1.807, 2.05) is 24.3 Å². The minimum absolute atomic E-state index is 0.0277. The number of primary amides is 1. The number of nitrogens with two attached hydrogens (primary N) is 1. The van der Waals surface area contributed by atoms with Crippen LogP contribution in [0.4, 0.5) is 11.4 Å². The van der Waals surface area contributed by atoms with Crippen LogP contribution in [-0.4, -0.2) is 28.7 Å². The molecule has 0 saturated heterocycles. The van der Waals surface area contributed by atoms with E-state index in [4.69, 9.17) is 22.1 Å². The predicted molar refractivity (Wildman–Crippen MR) is 114 cm³/mol. The van der Waals surface area contributed by atoms with Gasteiger partial charge in [-0.3, -0.25) is 14.9 Å². The first kappa shape index (κ1) is 21.9. The van der Waals surface area contributed by atoms with E-state index in [0.29, 0.717) is 19.4 Å². The molecule has 1 aliphatic rings. The number of nitro groups is 1. The second-order valence-corrected chi connectivity index (χ2v) is 7.65. The Morgan fingerprint density at radius 2 is 2.10 bits per heavy atom. The Bertz CT molecular complexity index is 950. The molecule has 30 heavy (non-hydrogen) atoms. The maximum atomic E-state index is 11.5. The molecule has 2 unspecified atom stereocenters. The van der Waals surface area contributed by atoms with Crippen molar-refractivity contribution in [1.82, 2.24) is 0 Å². The molecule has 2 aromatic carbocycles. The van der Waals surface area contributed by atoms with Gasteiger partial charge in [0.05, 0.1) is 11.0 Å². The van der Waals surface area contributed by atoms with Crippen LogP contribution in [0.15, 0.2) is 36.4 Å². The summed E-state index contributed by atoms with van der Waals surface area (Å²) in [5, 5.41) is 21.7. The van der Waals surface area contributed by atoms with Crippen LogP contribution in [0.25, 0.3) is 0 Å². The molecular weight excluding hydrogens is 410 g/mol. The van der Waals surface area contributed by atoms with Crippen molar-refractivity contribution in [3.8, 4) is 5.75 Å². The van der Waals surface area contributed by atoms with E-state index in [0.717, 1.165) is 12.1 Å². The lowest BCUT2D eigenvalue weighted by Gasteiger charge is -2.31. The molecule has 1 aliphatic heterocycles. The van der Waals surface area contributed by atoms with Crippen LogP contribution in [0.3, 0.4) is 0 Å². The predicted octanol–water partition coefficient (Wildman–Crippen LogP) is 3.72. The van der Waals surface area contributed by atoms with Crippen LogP contribution in [0.5, 0.6) is 5.75 Å². The number of benzene rings is 2. The highest BCUT2D eigenvalue weighted by atomic mass is 35.5. The lowest BCUT2D eigenvalue weighted by atomic mass is 10.1. The quantitative estimate of drug-likeness (QED) is 0.459. The van der Waals surface area contributed by atoms with Gasteiger partial charge in [0.2, 0.25) is 5.91 Å². The normalized spacial score (nSPS) is 14.8. The first-order chi connectivity index (χ1) is 14.3. The summed E-state index contributed by atoms with van der Waals surface area (Å²) in [6.45, 7) is 2.14. The van der Waals surface area contributed by atoms with Gasteiger partial charge in [-0.15, -0.1) is 0 Å². The number of para-hydroxylation sites is 1. The van der Waals surface area contributed by atoms with Crippen molar-refractivity contribution >= 4 is 28.9 Å². The number of ether oxygens (including phenoxy) is 1. The second-order valence-electron chi connectivity index (χ2n) is 7.24. The van der Waals surface area contributed by atoms with Gasteiger partial charge in [-0.1, -0.05) is 29.8 Å². The molecule has 0 fully saturated rings. The minimum atomic E-state index is -1.16. The minimum Gasteiger partial charge on any atom is -0.470 e. The molecule has 0 saturated carbocycles. The molecule has 0 aromatic heterocycles. The van der Waals surface area contributed by atoms with E-state index in [9.17, 15) is 20.0 Å². The van der Waals surface area contributed by atoms with E-state index in [1.54, 1.807) is 0 Å². The Balaban J connectivity index is 1.97. The summed E-state index contributed by atoms with van der Waals surface area (Å²) in [6.07, 6.45) is 0.378. The summed E-state index contributed by atoms with van der Waals surface area (Å²) in [5.74, 6) is -0.211. The molecule has 2 atom stereocenters. The number of hydrogen-bond donors (Lipinski definition) is 2. The van der Waals surface area contributed by atoms with E-state index in [2.05, 4.69) is 4.90 Å². The number of amides is 1. The number of fused-ring (bicyclic) bond motifs is 1. The smallest absolute Gasteiger partial charge is 0.297 e. The van der Waals surface area contributed by atoms with Crippen molar-refractivity contribution in [2.75, 3.05) is 11.4 Å². The zero-order valence-electron chi connectivity index (χ0n) is 16.6. The standard InChI is InChI=1S/C21H24ClN3O5/c1-13(26)20-17(10-9-15(22)21(20)25(28)29)30-19(8-4-7-18(23)27)24-12-11-14-5-2-3-6-16(14)24/h2-3,5-6,9-10,13,19,26H,4,7-8,11-12H2,1H3,(H2,23,27). The van der Waals surface area contributed by atoms with Crippen LogP contribution in [0.2, 0.25) is 5.02 Å². The fourth-order valence-electron chi connectivity index (χ4n) is 3.79. The zero-order chi connectivity index (χ0) is 21.8. The molecule has 3 N–H and O–H groups in total. The summed E-state index contributed by atoms with van der Waals surface area (Å²) in [6, 6.07) is 10.9. The number of carbonyl (C=O) groups is 1. The van der Waals surface area contributed by atoms with Crippen molar-refractivity contribution in [3.63, 3.8) is 0 Å². The number of anilines is 1. The van der Waals surface area contributed by atoms with Gasteiger partial charge in [0, 0.05) is 25.1 Å². The molecule has 0 radical (unpaired) electrons. The molecule has 160 valence electrons. The fourth-order valence-corrected chi connectivity index (χ4v) is 4.03. The number of hydrogen-bond acceptors (Lipinski definition) is 6. The summed E-state index contributed by atoms with van der Waals surface area (Å²) in [5.41, 5.74) is 7.13. The van der Waals surface area contributed by atoms with Gasteiger partial charge in [-0.25, -0.2) is 0 Å². The van der Waals surface area contributed by atoms with Gasteiger partial charge < -0.3 is 20.5 Å². The van der Waals surface area contributed by atoms with Crippen LogP contribution < -0.4 is 15.4 Å². The molecular formula is C21H24ClN3O5. The third-order valence-corrected chi connectivity index (χ3v) is 5.44. The van der Waals surface area contributed by atoms with Crippen molar-refractivity contribution < 1.29 is 19.6 Å². The van der Waals surface area contributed by atoms with Crippen LogP contribution >= 0.6 is 11.6 Å². The van der Waals surface area contributed by atoms with Crippen molar-refractivity contribution in [3.05, 3.63) is 62.7 Å². The van der Waals surface area contributed by atoms with Crippen LogP contribution in [0, 0.1) is 10.1 Å². The van der Waals surface area contributed by atoms with E-state index < -0.39 is 23.2 Å². The maximum Gasteiger partial charge on any atom is 0.297 e. The Hall–Kier alpha value is -2.84. The lowest BCUT2D eigenvalue weighted by Crippen LogP contribution is -2.39. The average Bonchev–Trinajstić information content (AvgIpc) is 3.11. The first-order valence-electron chi connectivity index (χ1n) is 9.74. The number of aliphatic hydroxyl groups is 1. The third-order valence-electron chi connectivity index (χ3n) is 5.14. The Kier molecular flexibility index (Phi) is 6.79.